The molecule has 0 atom stereocenters. The Morgan fingerprint density at radius 2 is 1.96 bits per heavy atom. The number of halogens is 2. The molecule has 0 aliphatic carbocycles. The van der Waals surface area contributed by atoms with Gasteiger partial charge >= 0.3 is 6.03 Å². The third-order valence-corrected chi connectivity index (χ3v) is 5.06. The zero-order valence-electron chi connectivity index (χ0n) is 15.0. The zero-order chi connectivity index (χ0) is 19.3. The third kappa shape index (κ3) is 3.02. The van der Waals surface area contributed by atoms with Gasteiger partial charge in [-0.2, -0.15) is 0 Å². The summed E-state index contributed by atoms with van der Waals surface area (Å²) in [5, 5.41) is 8.11. The number of hydrogen-bond donors (Lipinski definition) is 1. The van der Waals surface area contributed by atoms with Crippen molar-refractivity contribution in [3.05, 3.63) is 42.7 Å². The third-order valence-electron chi connectivity index (χ3n) is 5.06. The molecule has 1 aromatic carbocycles. The van der Waals surface area contributed by atoms with Crippen LogP contribution in [0.4, 0.5) is 25.0 Å². The van der Waals surface area contributed by atoms with E-state index in [1.165, 1.54) is 0 Å². The first-order chi connectivity index (χ1) is 13.5. The number of pyridine rings is 1. The average Bonchev–Trinajstić information content (AvgIpc) is 3.01. The van der Waals surface area contributed by atoms with Gasteiger partial charge in [-0.1, -0.05) is 6.07 Å². The van der Waals surface area contributed by atoms with E-state index in [0.29, 0.717) is 17.0 Å². The highest BCUT2D eigenvalue weighted by molar-refractivity contribution is 5.90. The molecular weight excluding hydrogens is 366 g/mol. The Morgan fingerprint density at radius 3 is 2.68 bits per heavy atom. The minimum Gasteiger partial charge on any atom is -0.358 e. The van der Waals surface area contributed by atoms with Crippen molar-refractivity contribution in [2.45, 2.75) is 12.3 Å². The maximum Gasteiger partial charge on any atom is 0.321 e. The Balaban J connectivity index is 1.38. The molecule has 2 fully saturated rings. The van der Waals surface area contributed by atoms with Crippen LogP contribution in [0, 0.1) is 0 Å². The number of aromatic nitrogens is 3. The minimum atomic E-state index is -2.62. The molecule has 144 valence electrons. The maximum absolute atomic E-state index is 13.1. The van der Waals surface area contributed by atoms with Crippen LogP contribution < -0.4 is 10.2 Å². The highest BCUT2D eigenvalue weighted by atomic mass is 19.3. The molecule has 1 N–H and O–H groups in total. The molecule has 9 heteroatoms. The number of nitrogens with one attached hydrogen (secondary N) is 1. The van der Waals surface area contributed by atoms with Crippen molar-refractivity contribution >= 4 is 28.4 Å². The number of fused-ring (bicyclic) bond motifs is 1. The lowest BCUT2D eigenvalue weighted by Gasteiger charge is -2.40. The second kappa shape index (κ2) is 6.15. The SMILES string of the molecule is O=C(Nc1cccc(-n2cc3cc(N4CC(F)(F)C4)cnc3n2)c1)N1CCC1. The second-order valence-corrected chi connectivity index (χ2v) is 7.21. The number of carbonyl (C=O) groups is 1. The molecule has 0 bridgehead atoms. The summed E-state index contributed by atoms with van der Waals surface area (Å²) in [6.07, 6.45) is 4.41. The van der Waals surface area contributed by atoms with Gasteiger partial charge in [0.25, 0.3) is 5.92 Å². The maximum atomic E-state index is 13.1. The minimum absolute atomic E-state index is 0.105. The summed E-state index contributed by atoms with van der Waals surface area (Å²) in [6.45, 7) is 1.00. The molecule has 2 aliphatic rings. The number of benzene rings is 1. The van der Waals surface area contributed by atoms with Crippen molar-refractivity contribution in [1.29, 1.82) is 0 Å². The predicted octanol–water partition coefficient (Wildman–Crippen LogP) is 3.11. The van der Waals surface area contributed by atoms with E-state index in [9.17, 15) is 13.6 Å². The number of carbonyl (C=O) groups excluding carboxylic acids is 1. The topological polar surface area (TPSA) is 66.3 Å². The van der Waals surface area contributed by atoms with Crippen LogP contribution in [-0.4, -0.2) is 57.8 Å². The van der Waals surface area contributed by atoms with E-state index in [-0.39, 0.29) is 19.1 Å². The first kappa shape index (κ1) is 16.9. The standard InChI is InChI=1S/C19H18F2N6O/c20-19(21)11-26(12-19)16-7-13-10-27(24-17(13)22-9-16)15-4-1-3-14(8-15)23-18(28)25-5-2-6-25/h1,3-4,7-10H,2,5-6,11-12H2,(H,23,28). The van der Waals surface area contributed by atoms with Crippen molar-refractivity contribution < 1.29 is 13.6 Å². The van der Waals surface area contributed by atoms with Gasteiger partial charge in [0.2, 0.25) is 0 Å². The van der Waals surface area contributed by atoms with Crippen LogP contribution in [0.5, 0.6) is 0 Å². The smallest absolute Gasteiger partial charge is 0.321 e. The highest BCUT2D eigenvalue weighted by Crippen LogP contribution is 2.32. The Morgan fingerprint density at radius 1 is 1.14 bits per heavy atom. The first-order valence-corrected chi connectivity index (χ1v) is 9.11. The number of urea groups is 1. The van der Waals surface area contributed by atoms with Crippen molar-refractivity contribution in [3.63, 3.8) is 0 Å². The monoisotopic (exact) mass is 384 g/mol. The molecule has 2 saturated heterocycles. The predicted molar refractivity (Wildman–Crippen MR) is 101 cm³/mol. The Bertz CT molecular complexity index is 1050. The lowest BCUT2D eigenvalue weighted by molar-refractivity contribution is -0.0262. The van der Waals surface area contributed by atoms with Crippen LogP contribution in [0.25, 0.3) is 16.7 Å². The van der Waals surface area contributed by atoms with Gasteiger partial charge in [-0.15, -0.1) is 5.10 Å². The normalized spacial score (nSPS) is 17.9. The van der Waals surface area contributed by atoms with Gasteiger partial charge in [-0.3, -0.25) is 0 Å². The van der Waals surface area contributed by atoms with E-state index in [2.05, 4.69) is 15.4 Å². The molecule has 2 aromatic heterocycles. The number of anilines is 2. The number of alkyl halides is 2. The van der Waals surface area contributed by atoms with Gasteiger partial charge in [0.15, 0.2) is 5.65 Å². The largest absolute Gasteiger partial charge is 0.358 e. The fourth-order valence-corrected chi connectivity index (χ4v) is 3.35. The van der Waals surface area contributed by atoms with Crippen LogP contribution >= 0.6 is 0 Å². The van der Waals surface area contributed by atoms with Crippen molar-refractivity contribution in [2.75, 3.05) is 36.4 Å². The highest BCUT2D eigenvalue weighted by Gasteiger charge is 2.44. The molecular formula is C19H18F2N6O. The summed E-state index contributed by atoms with van der Waals surface area (Å²) in [7, 11) is 0. The molecule has 28 heavy (non-hydrogen) atoms. The van der Waals surface area contributed by atoms with E-state index in [0.717, 1.165) is 30.6 Å². The summed E-state index contributed by atoms with van der Waals surface area (Å²) in [5.74, 6) is -2.62. The van der Waals surface area contributed by atoms with Gasteiger partial charge in [0.05, 0.1) is 30.7 Å². The van der Waals surface area contributed by atoms with E-state index >= 15 is 0 Å². The fraction of sp³-hybridized carbons (Fsp3) is 0.316. The van der Waals surface area contributed by atoms with E-state index in [1.54, 1.807) is 26.9 Å². The second-order valence-electron chi connectivity index (χ2n) is 7.21. The van der Waals surface area contributed by atoms with Gasteiger partial charge in [-0.05, 0) is 30.7 Å². The van der Waals surface area contributed by atoms with Crippen LogP contribution in [0.3, 0.4) is 0 Å². The molecule has 7 nitrogen and oxygen atoms in total. The van der Waals surface area contributed by atoms with Gasteiger partial charge < -0.3 is 15.1 Å². The van der Waals surface area contributed by atoms with Crippen LogP contribution in [0.15, 0.2) is 42.7 Å². The number of rotatable bonds is 3. The summed E-state index contributed by atoms with van der Waals surface area (Å²) in [6, 6.07) is 9.09. The quantitative estimate of drug-likeness (QED) is 0.754. The average molecular weight is 384 g/mol. The lowest BCUT2D eigenvalue weighted by atomic mass is 10.1. The number of amides is 2. The lowest BCUT2D eigenvalue weighted by Crippen LogP contribution is -2.56. The molecule has 0 saturated carbocycles. The van der Waals surface area contributed by atoms with E-state index < -0.39 is 5.92 Å². The van der Waals surface area contributed by atoms with Crippen molar-refractivity contribution in [1.82, 2.24) is 19.7 Å². The zero-order valence-corrected chi connectivity index (χ0v) is 15.0. The summed E-state index contributed by atoms with van der Waals surface area (Å²) < 4.78 is 27.9. The summed E-state index contributed by atoms with van der Waals surface area (Å²) in [5.41, 5.74) is 2.65. The Hall–Kier alpha value is -3.23. The Labute approximate surface area is 159 Å². The fourth-order valence-electron chi connectivity index (χ4n) is 3.35. The Kier molecular flexibility index (Phi) is 3.71. The van der Waals surface area contributed by atoms with Crippen LogP contribution in [-0.2, 0) is 0 Å². The molecule has 0 spiro atoms. The molecule has 3 aromatic rings. The van der Waals surface area contributed by atoms with Crippen molar-refractivity contribution in [3.8, 4) is 5.69 Å². The van der Waals surface area contributed by atoms with Gasteiger partial charge in [0.1, 0.15) is 0 Å². The molecule has 0 unspecified atom stereocenters. The van der Waals surface area contributed by atoms with Crippen LogP contribution in [0.1, 0.15) is 6.42 Å². The summed E-state index contributed by atoms with van der Waals surface area (Å²) >= 11 is 0. The first-order valence-electron chi connectivity index (χ1n) is 9.11. The van der Waals surface area contributed by atoms with E-state index in [4.69, 9.17) is 0 Å². The molecule has 5 rings (SSSR count). The van der Waals surface area contributed by atoms with Gasteiger partial charge in [0, 0.05) is 30.4 Å². The molecule has 0 radical (unpaired) electrons. The van der Waals surface area contributed by atoms with Crippen molar-refractivity contribution in [2.24, 2.45) is 0 Å². The number of likely N-dealkylation sites (tertiary alicyclic amines) is 1. The summed E-state index contributed by atoms with van der Waals surface area (Å²) in [4.78, 5) is 19.7. The number of nitrogens with zero attached hydrogens (tertiary/aromatic N) is 5. The van der Waals surface area contributed by atoms with Crippen LogP contribution in [0.2, 0.25) is 0 Å². The molecule has 2 aliphatic heterocycles. The van der Waals surface area contributed by atoms with E-state index in [1.807, 2.05) is 30.3 Å². The molecule has 4 heterocycles. The van der Waals surface area contributed by atoms with Gasteiger partial charge in [-0.25, -0.2) is 23.2 Å². The number of hydrogen-bond acceptors (Lipinski definition) is 4. The molecule has 2 amide bonds.